The van der Waals surface area contributed by atoms with E-state index in [2.05, 4.69) is 57.2 Å². The highest BCUT2D eigenvalue weighted by Gasteiger charge is 2.11. The van der Waals surface area contributed by atoms with Gasteiger partial charge in [0.2, 0.25) is 0 Å². The average molecular weight is 258 g/mol. The third-order valence-corrected chi connectivity index (χ3v) is 3.24. The lowest BCUT2D eigenvalue weighted by molar-refractivity contribution is 0.131. The zero-order valence-electron chi connectivity index (χ0n) is 11.0. The second-order valence-corrected chi connectivity index (χ2v) is 6.25. The Morgan fingerprint density at radius 1 is 0.778 bits per heavy atom. The van der Waals surface area contributed by atoms with Gasteiger partial charge in [0, 0.05) is 9.79 Å². The van der Waals surface area contributed by atoms with E-state index in [1.54, 1.807) is 11.8 Å². The van der Waals surface area contributed by atoms with E-state index in [0.717, 1.165) is 5.75 Å². The minimum atomic E-state index is -0.145. The molecule has 94 valence electrons. The van der Waals surface area contributed by atoms with Crippen molar-refractivity contribution in [3.05, 3.63) is 54.6 Å². The fraction of sp³-hybridized carbons (Fsp3) is 0.250. The van der Waals surface area contributed by atoms with E-state index >= 15 is 0 Å². The molecule has 1 nitrogen and oxygen atoms in total. The zero-order valence-corrected chi connectivity index (χ0v) is 11.8. The maximum Gasteiger partial charge on any atom is 0.120 e. The highest BCUT2D eigenvalue weighted by atomic mass is 32.2. The number of rotatable bonds is 3. The molecule has 0 saturated heterocycles. The number of ether oxygens (including phenoxy) is 1. The first-order chi connectivity index (χ1) is 8.53. The quantitative estimate of drug-likeness (QED) is 0.765. The Hall–Kier alpha value is -1.41. The van der Waals surface area contributed by atoms with Gasteiger partial charge in [-0.05, 0) is 57.2 Å². The first kappa shape index (κ1) is 13.0. The summed E-state index contributed by atoms with van der Waals surface area (Å²) in [5, 5.41) is 0. The Morgan fingerprint density at radius 2 is 1.33 bits per heavy atom. The van der Waals surface area contributed by atoms with Gasteiger partial charge in [-0.15, -0.1) is 0 Å². The molecule has 0 N–H and O–H groups in total. The monoisotopic (exact) mass is 258 g/mol. The first-order valence-electron chi connectivity index (χ1n) is 6.05. The van der Waals surface area contributed by atoms with Crippen LogP contribution in [0.3, 0.4) is 0 Å². The van der Waals surface area contributed by atoms with Crippen LogP contribution >= 0.6 is 11.8 Å². The predicted octanol–water partition coefficient (Wildman–Crippen LogP) is 5.02. The van der Waals surface area contributed by atoms with Crippen LogP contribution in [0.15, 0.2) is 64.4 Å². The topological polar surface area (TPSA) is 9.23 Å². The van der Waals surface area contributed by atoms with Crippen LogP contribution < -0.4 is 4.74 Å². The van der Waals surface area contributed by atoms with Crippen LogP contribution in [0.4, 0.5) is 0 Å². The van der Waals surface area contributed by atoms with Crippen molar-refractivity contribution < 1.29 is 4.74 Å². The molecule has 0 atom stereocenters. The van der Waals surface area contributed by atoms with Gasteiger partial charge in [0.15, 0.2) is 0 Å². The molecule has 0 radical (unpaired) electrons. The van der Waals surface area contributed by atoms with E-state index in [1.807, 2.05) is 18.2 Å². The smallest absolute Gasteiger partial charge is 0.120 e. The molecular formula is C16H18OS. The van der Waals surface area contributed by atoms with Crippen molar-refractivity contribution in [1.29, 1.82) is 0 Å². The normalized spacial score (nSPS) is 11.3. The van der Waals surface area contributed by atoms with Crippen LogP contribution in [0.5, 0.6) is 5.75 Å². The van der Waals surface area contributed by atoms with Gasteiger partial charge in [-0.25, -0.2) is 0 Å². The van der Waals surface area contributed by atoms with Gasteiger partial charge in [0.25, 0.3) is 0 Å². The Bertz CT molecular complexity index is 483. The molecule has 0 bridgehead atoms. The van der Waals surface area contributed by atoms with Crippen LogP contribution in [-0.2, 0) is 0 Å². The van der Waals surface area contributed by atoms with E-state index < -0.39 is 0 Å². The molecule has 2 aromatic rings. The van der Waals surface area contributed by atoms with Crippen LogP contribution in [0.2, 0.25) is 0 Å². The SMILES string of the molecule is CC(C)(C)Oc1ccc(Sc2ccccc2)cc1. The van der Waals surface area contributed by atoms with E-state index in [4.69, 9.17) is 4.74 Å². The van der Waals surface area contributed by atoms with E-state index in [-0.39, 0.29) is 5.60 Å². The maximum atomic E-state index is 5.80. The van der Waals surface area contributed by atoms with Crippen LogP contribution in [0.25, 0.3) is 0 Å². The Labute approximate surface area is 113 Å². The van der Waals surface area contributed by atoms with Crippen molar-refractivity contribution in [1.82, 2.24) is 0 Å². The summed E-state index contributed by atoms with van der Waals surface area (Å²) in [6.45, 7) is 6.17. The van der Waals surface area contributed by atoms with E-state index in [9.17, 15) is 0 Å². The maximum absolute atomic E-state index is 5.80. The van der Waals surface area contributed by atoms with Gasteiger partial charge >= 0.3 is 0 Å². The van der Waals surface area contributed by atoms with Crippen LogP contribution in [0, 0.1) is 0 Å². The minimum Gasteiger partial charge on any atom is -0.488 e. The Kier molecular flexibility index (Phi) is 3.97. The minimum absolute atomic E-state index is 0.145. The fourth-order valence-electron chi connectivity index (χ4n) is 1.55. The molecule has 0 fully saturated rings. The molecule has 18 heavy (non-hydrogen) atoms. The van der Waals surface area contributed by atoms with Gasteiger partial charge in [-0.3, -0.25) is 0 Å². The number of hydrogen-bond acceptors (Lipinski definition) is 2. The number of hydrogen-bond donors (Lipinski definition) is 0. The molecule has 0 aliphatic heterocycles. The van der Waals surface area contributed by atoms with Crippen molar-refractivity contribution in [3.8, 4) is 5.75 Å². The lowest BCUT2D eigenvalue weighted by Crippen LogP contribution is -2.22. The third-order valence-electron chi connectivity index (χ3n) is 2.23. The predicted molar refractivity (Wildman–Crippen MR) is 77.4 cm³/mol. The van der Waals surface area contributed by atoms with E-state index in [1.165, 1.54) is 9.79 Å². The number of benzene rings is 2. The molecule has 0 unspecified atom stereocenters. The second-order valence-electron chi connectivity index (χ2n) is 5.10. The summed E-state index contributed by atoms with van der Waals surface area (Å²) in [7, 11) is 0. The van der Waals surface area contributed by atoms with Gasteiger partial charge in [0.1, 0.15) is 11.4 Å². The summed E-state index contributed by atoms with van der Waals surface area (Å²) in [6.07, 6.45) is 0. The summed E-state index contributed by atoms with van der Waals surface area (Å²) >= 11 is 1.76. The van der Waals surface area contributed by atoms with Crippen LogP contribution in [-0.4, -0.2) is 5.60 Å². The molecule has 0 heterocycles. The zero-order chi connectivity index (χ0) is 13.0. The van der Waals surface area contributed by atoms with Crippen molar-refractivity contribution in [2.24, 2.45) is 0 Å². The van der Waals surface area contributed by atoms with E-state index in [0.29, 0.717) is 0 Å². The van der Waals surface area contributed by atoms with Gasteiger partial charge < -0.3 is 4.74 Å². The molecule has 0 saturated carbocycles. The van der Waals surface area contributed by atoms with Crippen LogP contribution in [0.1, 0.15) is 20.8 Å². The molecule has 2 aromatic carbocycles. The molecule has 0 aromatic heterocycles. The molecule has 0 amide bonds. The van der Waals surface area contributed by atoms with Gasteiger partial charge in [-0.2, -0.15) is 0 Å². The fourth-order valence-corrected chi connectivity index (χ4v) is 2.39. The van der Waals surface area contributed by atoms with Crippen molar-refractivity contribution in [2.75, 3.05) is 0 Å². The third kappa shape index (κ3) is 4.11. The standard InChI is InChI=1S/C16H18OS/c1-16(2,3)17-13-9-11-15(12-10-13)18-14-7-5-4-6-8-14/h4-12H,1-3H3. The highest BCUT2D eigenvalue weighted by Crippen LogP contribution is 2.29. The van der Waals surface area contributed by atoms with Crippen molar-refractivity contribution >= 4 is 11.8 Å². The van der Waals surface area contributed by atoms with Gasteiger partial charge in [-0.1, -0.05) is 30.0 Å². The summed E-state index contributed by atoms with van der Waals surface area (Å²) in [5.74, 6) is 0.917. The first-order valence-corrected chi connectivity index (χ1v) is 6.87. The van der Waals surface area contributed by atoms with Gasteiger partial charge in [0.05, 0.1) is 0 Å². The Balaban J connectivity index is 2.04. The lowest BCUT2D eigenvalue weighted by Gasteiger charge is -2.21. The van der Waals surface area contributed by atoms with Crippen molar-refractivity contribution in [2.45, 2.75) is 36.2 Å². The summed E-state index contributed by atoms with van der Waals surface area (Å²) in [4.78, 5) is 2.48. The molecule has 2 rings (SSSR count). The molecule has 0 spiro atoms. The molecule has 0 aliphatic carbocycles. The second kappa shape index (κ2) is 5.49. The largest absolute Gasteiger partial charge is 0.488 e. The Morgan fingerprint density at radius 3 is 1.89 bits per heavy atom. The highest BCUT2D eigenvalue weighted by molar-refractivity contribution is 7.99. The summed E-state index contributed by atoms with van der Waals surface area (Å²) in [6, 6.07) is 18.6. The van der Waals surface area contributed by atoms with Crippen molar-refractivity contribution in [3.63, 3.8) is 0 Å². The average Bonchev–Trinajstić information content (AvgIpc) is 2.31. The lowest BCUT2D eigenvalue weighted by atomic mass is 10.2. The molecule has 2 heteroatoms. The molecule has 0 aliphatic rings. The molecular weight excluding hydrogens is 240 g/mol. The summed E-state index contributed by atoms with van der Waals surface area (Å²) < 4.78 is 5.80. The summed E-state index contributed by atoms with van der Waals surface area (Å²) in [5.41, 5.74) is -0.145.